The van der Waals surface area contributed by atoms with Crippen LogP contribution in [0.25, 0.3) is 28.3 Å². The third-order valence-corrected chi connectivity index (χ3v) is 4.90. The summed E-state index contributed by atoms with van der Waals surface area (Å²) < 4.78 is 55.6. The van der Waals surface area contributed by atoms with Crippen molar-refractivity contribution in [2.75, 3.05) is 6.26 Å². The molecule has 3 aromatic heterocycles. The molecule has 0 saturated heterocycles. The number of nitrogens with zero attached hydrogens (tertiary/aromatic N) is 5. The first-order valence-corrected chi connectivity index (χ1v) is 10.2. The van der Waals surface area contributed by atoms with Crippen LogP contribution in [0, 0.1) is 6.92 Å². The van der Waals surface area contributed by atoms with Crippen LogP contribution in [0.2, 0.25) is 0 Å². The Bertz CT molecular complexity index is 1270. The summed E-state index contributed by atoms with van der Waals surface area (Å²) in [6, 6.07) is 7.15. The summed E-state index contributed by atoms with van der Waals surface area (Å²) in [5.74, 6) is -0.365. The molecule has 4 rings (SSSR count). The first kappa shape index (κ1) is 20.0. The fraction of sp³-hybridized carbons (Fsp3) is 0.158. The van der Waals surface area contributed by atoms with Gasteiger partial charge in [0.1, 0.15) is 5.75 Å². The Morgan fingerprint density at radius 2 is 1.90 bits per heavy atom. The van der Waals surface area contributed by atoms with E-state index in [4.69, 9.17) is 0 Å². The van der Waals surface area contributed by atoms with Crippen LogP contribution in [0.1, 0.15) is 5.69 Å². The van der Waals surface area contributed by atoms with Crippen LogP contribution < -0.4 is 4.74 Å². The molecule has 0 aliphatic heterocycles. The fourth-order valence-electron chi connectivity index (χ4n) is 3.00. The van der Waals surface area contributed by atoms with Gasteiger partial charge in [0.25, 0.3) is 0 Å². The van der Waals surface area contributed by atoms with Crippen LogP contribution in [-0.4, -0.2) is 41.2 Å². The zero-order valence-electron chi connectivity index (χ0n) is 15.7. The maximum Gasteiger partial charge on any atom is 0.573 e. The standard InChI is InChI=1S/C19H14F3N5O2S/c1-11-17-26-15(12-4-3-5-13(10-12)29-19(20,21)22)16(27(17)9-8-23-11)14-6-7-24-18(25-14)30(2)28/h3-10H,1-2H3. The Morgan fingerprint density at radius 1 is 1.10 bits per heavy atom. The van der Waals surface area contributed by atoms with Crippen LogP contribution in [0.5, 0.6) is 5.75 Å². The van der Waals surface area contributed by atoms with Crippen molar-refractivity contribution in [1.29, 1.82) is 0 Å². The number of hydrogen-bond acceptors (Lipinski definition) is 6. The number of rotatable bonds is 4. The van der Waals surface area contributed by atoms with E-state index in [1.165, 1.54) is 30.7 Å². The molecule has 0 bridgehead atoms. The number of halogens is 3. The summed E-state index contributed by atoms with van der Waals surface area (Å²) in [5, 5.41) is 0.133. The molecule has 3 heterocycles. The number of hydrogen-bond donors (Lipinski definition) is 0. The summed E-state index contributed by atoms with van der Waals surface area (Å²) >= 11 is 0. The summed E-state index contributed by atoms with van der Waals surface area (Å²) in [4.78, 5) is 17.2. The topological polar surface area (TPSA) is 82.3 Å². The Morgan fingerprint density at radius 3 is 2.63 bits per heavy atom. The molecule has 0 radical (unpaired) electrons. The van der Waals surface area contributed by atoms with Crippen molar-refractivity contribution in [1.82, 2.24) is 24.3 Å². The Hall–Kier alpha value is -3.34. The smallest absolute Gasteiger partial charge is 0.406 e. The highest BCUT2D eigenvalue weighted by molar-refractivity contribution is 7.84. The quantitative estimate of drug-likeness (QED) is 0.456. The number of ether oxygens (including phenoxy) is 1. The van der Waals surface area contributed by atoms with Crippen molar-refractivity contribution in [2.24, 2.45) is 0 Å². The second kappa shape index (κ2) is 7.48. The van der Waals surface area contributed by atoms with E-state index in [9.17, 15) is 17.4 Å². The van der Waals surface area contributed by atoms with Gasteiger partial charge in [0.05, 0.1) is 33.6 Å². The predicted molar refractivity (Wildman–Crippen MR) is 103 cm³/mol. The zero-order chi connectivity index (χ0) is 21.5. The van der Waals surface area contributed by atoms with Crippen molar-refractivity contribution < 1.29 is 22.1 Å². The Balaban J connectivity index is 1.96. The van der Waals surface area contributed by atoms with Gasteiger partial charge in [0.15, 0.2) is 5.65 Å². The lowest BCUT2D eigenvalue weighted by Gasteiger charge is -2.10. The minimum atomic E-state index is -4.81. The van der Waals surface area contributed by atoms with Gasteiger partial charge in [-0.05, 0) is 25.1 Å². The average molecular weight is 433 g/mol. The lowest BCUT2D eigenvalue weighted by atomic mass is 10.1. The lowest BCUT2D eigenvalue weighted by molar-refractivity contribution is -0.274. The predicted octanol–water partition coefficient (Wildman–Crippen LogP) is 3.80. The van der Waals surface area contributed by atoms with Gasteiger partial charge in [0.2, 0.25) is 5.16 Å². The molecule has 30 heavy (non-hydrogen) atoms. The van der Waals surface area contributed by atoms with Gasteiger partial charge >= 0.3 is 6.36 Å². The molecule has 0 fully saturated rings. The molecule has 0 amide bonds. The largest absolute Gasteiger partial charge is 0.573 e. The maximum atomic E-state index is 12.7. The summed E-state index contributed by atoms with van der Waals surface area (Å²) in [6.07, 6.45) is 1.38. The number of alkyl halides is 3. The van der Waals surface area contributed by atoms with E-state index in [2.05, 4.69) is 24.7 Å². The minimum absolute atomic E-state index is 0.133. The van der Waals surface area contributed by atoms with Gasteiger partial charge in [-0.15, -0.1) is 13.2 Å². The molecule has 11 heteroatoms. The van der Waals surface area contributed by atoms with Crippen LogP contribution >= 0.6 is 0 Å². The van der Waals surface area contributed by atoms with E-state index in [0.717, 1.165) is 0 Å². The Labute approximate surface area is 171 Å². The van der Waals surface area contributed by atoms with Gasteiger partial charge in [0, 0.05) is 30.4 Å². The summed E-state index contributed by atoms with van der Waals surface area (Å²) in [5.41, 5.74) is 2.85. The number of benzene rings is 1. The van der Waals surface area contributed by atoms with E-state index in [1.54, 1.807) is 35.9 Å². The van der Waals surface area contributed by atoms with Crippen molar-refractivity contribution >= 4 is 16.4 Å². The highest BCUT2D eigenvalue weighted by atomic mass is 32.2. The second-order valence-corrected chi connectivity index (χ2v) is 7.54. The van der Waals surface area contributed by atoms with Gasteiger partial charge in [-0.2, -0.15) is 0 Å². The number of aromatic nitrogens is 5. The average Bonchev–Trinajstić information content (AvgIpc) is 3.08. The molecule has 0 aliphatic rings. The first-order chi connectivity index (χ1) is 14.2. The molecule has 0 aliphatic carbocycles. The van der Waals surface area contributed by atoms with Crippen LogP contribution in [0.3, 0.4) is 0 Å². The normalized spacial score (nSPS) is 12.8. The minimum Gasteiger partial charge on any atom is -0.406 e. The van der Waals surface area contributed by atoms with E-state index >= 15 is 0 Å². The van der Waals surface area contributed by atoms with Crippen molar-refractivity contribution in [3.8, 4) is 28.4 Å². The molecular formula is C19H14F3N5O2S. The molecule has 0 saturated carbocycles. The Kier molecular flexibility index (Phi) is 4.98. The number of imidazole rings is 1. The molecule has 1 atom stereocenters. The van der Waals surface area contributed by atoms with E-state index in [0.29, 0.717) is 34.0 Å². The van der Waals surface area contributed by atoms with E-state index < -0.39 is 17.2 Å². The SMILES string of the molecule is Cc1nccn2c(-c3ccnc(S(C)=O)n3)c(-c3cccc(OC(F)(F)F)c3)nc12. The third kappa shape index (κ3) is 3.88. The lowest BCUT2D eigenvalue weighted by Crippen LogP contribution is -2.17. The second-order valence-electron chi connectivity index (χ2n) is 6.27. The highest BCUT2D eigenvalue weighted by Crippen LogP contribution is 2.34. The third-order valence-electron chi connectivity index (χ3n) is 4.19. The van der Waals surface area contributed by atoms with Crippen molar-refractivity contribution in [3.05, 3.63) is 54.6 Å². The van der Waals surface area contributed by atoms with Gasteiger partial charge in [-0.25, -0.2) is 15.0 Å². The molecule has 0 spiro atoms. The first-order valence-electron chi connectivity index (χ1n) is 8.59. The number of aryl methyl sites for hydroxylation is 1. The van der Waals surface area contributed by atoms with Crippen molar-refractivity contribution in [2.45, 2.75) is 18.4 Å². The molecule has 7 nitrogen and oxygen atoms in total. The van der Waals surface area contributed by atoms with Gasteiger partial charge in [-0.3, -0.25) is 13.6 Å². The maximum absolute atomic E-state index is 12.7. The highest BCUT2D eigenvalue weighted by Gasteiger charge is 2.31. The van der Waals surface area contributed by atoms with Crippen molar-refractivity contribution in [3.63, 3.8) is 0 Å². The monoisotopic (exact) mass is 433 g/mol. The molecule has 1 aromatic carbocycles. The fourth-order valence-corrected chi connectivity index (χ4v) is 3.44. The van der Waals surface area contributed by atoms with E-state index in [-0.39, 0.29) is 10.9 Å². The zero-order valence-corrected chi connectivity index (χ0v) is 16.5. The summed E-state index contributed by atoms with van der Waals surface area (Å²) in [7, 11) is -1.41. The summed E-state index contributed by atoms with van der Waals surface area (Å²) in [6.45, 7) is 1.77. The molecule has 4 aromatic rings. The molecule has 154 valence electrons. The molecular weight excluding hydrogens is 419 g/mol. The van der Waals surface area contributed by atoms with E-state index in [1.807, 2.05) is 0 Å². The van der Waals surface area contributed by atoms with Gasteiger partial charge in [-0.1, -0.05) is 12.1 Å². The van der Waals surface area contributed by atoms with Crippen LogP contribution in [-0.2, 0) is 10.8 Å². The van der Waals surface area contributed by atoms with Crippen LogP contribution in [0.4, 0.5) is 13.2 Å². The van der Waals surface area contributed by atoms with Gasteiger partial charge < -0.3 is 4.74 Å². The molecule has 1 unspecified atom stereocenters. The van der Waals surface area contributed by atoms with Crippen LogP contribution in [0.15, 0.2) is 54.1 Å². The number of fused-ring (bicyclic) bond motifs is 1. The molecule has 0 N–H and O–H groups in total.